The number of nitrogens with zero attached hydrogens (tertiary/aromatic N) is 4. The van der Waals surface area contributed by atoms with Gasteiger partial charge in [-0.05, 0) is 71.8 Å². The van der Waals surface area contributed by atoms with Crippen LogP contribution in [0.2, 0.25) is 0 Å². The van der Waals surface area contributed by atoms with Crippen LogP contribution in [-0.4, -0.2) is 14.5 Å². The molecule has 5 nitrogen and oxygen atoms in total. The van der Waals surface area contributed by atoms with Gasteiger partial charge in [-0.3, -0.25) is 0 Å². The number of furan rings is 1. The lowest BCUT2D eigenvalue weighted by molar-refractivity contribution is 0.669. The Morgan fingerprint density at radius 3 is 1.88 bits per heavy atom. The van der Waals surface area contributed by atoms with Crippen molar-refractivity contribution >= 4 is 43.7 Å². The molecule has 0 N–H and O–H groups in total. The summed E-state index contributed by atoms with van der Waals surface area (Å²) in [5, 5.41) is 14.6. The zero-order valence-corrected chi connectivity index (χ0v) is 27.9. The Balaban J connectivity index is 1.15. The quantitative estimate of drug-likeness (QED) is 0.184. The zero-order chi connectivity index (χ0) is 34.6. The molecule has 0 radical (unpaired) electrons. The van der Waals surface area contributed by atoms with Crippen LogP contribution in [0, 0.1) is 11.3 Å². The fourth-order valence-electron chi connectivity index (χ4n) is 7.36. The van der Waals surface area contributed by atoms with E-state index in [1.807, 2.05) is 84.9 Å². The van der Waals surface area contributed by atoms with Crippen LogP contribution in [0.15, 0.2) is 174 Å². The first kappa shape index (κ1) is 29.6. The molecular weight excluding hydrogens is 637 g/mol. The van der Waals surface area contributed by atoms with Crippen LogP contribution in [0.3, 0.4) is 0 Å². The average Bonchev–Trinajstić information content (AvgIpc) is 3.76. The Morgan fingerprint density at radius 2 is 1.08 bits per heavy atom. The van der Waals surface area contributed by atoms with Crippen LogP contribution in [-0.2, 0) is 0 Å². The van der Waals surface area contributed by atoms with Gasteiger partial charge in [-0.1, -0.05) is 109 Å². The van der Waals surface area contributed by atoms with E-state index in [1.165, 1.54) is 0 Å². The lowest BCUT2D eigenvalue weighted by Gasteiger charge is -2.12. The number of fused-ring (bicyclic) bond motifs is 6. The molecule has 0 amide bonds. The number of rotatable bonds is 5. The zero-order valence-electron chi connectivity index (χ0n) is 27.9. The SMILES string of the molecule is N#Cc1cc(-c2ccc3oc4ccccc4c3c2)cc(-n2c3ccccc3c3cc(-c4cc(-c5ccccc5)nc(-c5ccccc5)n4)ccc32)c1. The highest BCUT2D eigenvalue weighted by atomic mass is 16.3. The van der Waals surface area contributed by atoms with Crippen molar-refractivity contribution in [1.29, 1.82) is 5.26 Å². The first-order chi connectivity index (χ1) is 25.7. The summed E-state index contributed by atoms with van der Waals surface area (Å²) < 4.78 is 8.36. The highest BCUT2D eigenvalue weighted by Crippen LogP contribution is 2.38. The molecule has 0 unspecified atom stereocenters. The van der Waals surface area contributed by atoms with E-state index in [0.717, 1.165) is 88.6 Å². The molecule has 3 heterocycles. The van der Waals surface area contributed by atoms with Crippen molar-refractivity contribution in [2.75, 3.05) is 0 Å². The van der Waals surface area contributed by atoms with Crippen LogP contribution in [0.25, 0.3) is 94.5 Å². The number of benzene rings is 7. The molecule has 7 aromatic carbocycles. The van der Waals surface area contributed by atoms with Crippen molar-refractivity contribution in [1.82, 2.24) is 14.5 Å². The van der Waals surface area contributed by atoms with E-state index in [2.05, 4.69) is 95.6 Å². The van der Waals surface area contributed by atoms with Crippen molar-refractivity contribution in [2.24, 2.45) is 0 Å². The van der Waals surface area contributed by atoms with Gasteiger partial charge in [-0.25, -0.2) is 9.97 Å². The second-order valence-corrected chi connectivity index (χ2v) is 13.0. The molecular formula is C47H28N4O. The van der Waals surface area contributed by atoms with Gasteiger partial charge in [-0.15, -0.1) is 0 Å². The molecule has 0 saturated heterocycles. The second kappa shape index (κ2) is 11.9. The summed E-state index contributed by atoms with van der Waals surface area (Å²) in [6.45, 7) is 0. The molecule has 0 fully saturated rings. The standard InChI is InChI=1S/C47H28N4O/c48-29-30-23-35(33-20-22-46-40(26-33)38-16-8-10-18-45(38)52-46)25-36(24-30)51-43-17-9-7-15-37(43)39-27-34(19-21-44(39)51)42-28-41(31-11-3-1-4-12-31)49-47(50-42)32-13-5-2-6-14-32/h1-28H. The molecule has 242 valence electrons. The van der Waals surface area contributed by atoms with Gasteiger partial charge >= 0.3 is 0 Å². The summed E-state index contributed by atoms with van der Waals surface area (Å²) in [5.74, 6) is 0.682. The Morgan fingerprint density at radius 1 is 0.442 bits per heavy atom. The Kier molecular flexibility index (Phi) is 6.80. The van der Waals surface area contributed by atoms with Crippen LogP contribution in [0.1, 0.15) is 5.56 Å². The number of nitriles is 1. The van der Waals surface area contributed by atoms with Crippen LogP contribution < -0.4 is 0 Å². The summed E-state index contributed by atoms with van der Waals surface area (Å²) in [7, 11) is 0. The molecule has 0 saturated carbocycles. The van der Waals surface area contributed by atoms with Gasteiger partial charge in [0.1, 0.15) is 11.2 Å². The molecule has 10 rings (SSSR count). The third kappa shape index (κ3) is 4.93. The number of hydrogen-bond donors (Lipinski definition) is 0. The second-order valence-electron chi connectivity index (χ2n) is 13.0. The Hall–Kier alpha value is -7.29. The molecule has 5 heteroatoms. The third-order valence-electron chi connectivity index (χ3n) is 9.81. The normalized spacial score (nSPS) is 11.4. The first-order valence-corrected chi connectivity index (χ1v) is 17.2. The van der Waals surface area contributed by atoms with E-state index in [1.54, 1.807) is 0 Å². The minimum atomic E-state index is 0.593. The topological polar surface area (TPSA) is 67.6 Å². The maximum atomic E-state index is 10.2. The van der Waals surface area contributed by atoms with E-state index in [4.69, 9.17) is 14.4 Å². The van der Waals surface area contributed by atoms with E-state index >= 15 is 0 Å². The van der Waals surface area contributed by atoms with Crippen molar-refractivity contribution in [3.8, 4) is 56.8 Å². The van der Waals surface area contributed by atoms with Crippen molar-refractivity contribution < 1.29 is 4.42 Å². The van der Waals surface area contributed by atoms with Gasteiger partial charge in [-0.2, -0.15) is 5.26 Å². The van der Waals surface area contributed by atoms with Gasteiger partial charge in [0.2, 0.25) is 0 Å². The summed E-state index contributed by atoms with van der Waals surface area (Å²) in [5.41, 5.74) is 12.0. The number of para-hydroxylation sites is 2. The van der Waals surface area contributed by atoms with Crippen molar-refractivity contribution in [3.63, 3.8) is 0 Å². The third-order valence-corrected chi connectivity index (χ3v) is 9.81. The molecule has 0 aliphatic carbocycles. The van der Waals surface area contributed by atoms with Crippen LogP contribution in [0.5, 0.6) is 0 Å². The van der Waals surface area contributed by atoms with Crippen molar-refractivity contribution in [3.05, 3.63) is 175 Å². The predicted molar refractivity (Wildman–Crippen MR) is 210 cm³/mol. The van der Waals surface area contributed by atoms with E-state index in [-0.39, 0.29) is 0 Å². The number of aromatic nitrogens is 3. The maximum absolute atomic E-state index is 10.2. The highest BCUT2D eigenvalue weighted by molar-refractivity contribution is 6.11. The van der Waals surface area contributed by atoms with Gasteiger partial charge in [0.05, 0.1) is 34.1 Å². The molecule has 52 heavy (non-hydrogen) atoms. The first-order valence-electron chi connectivity index (χ1n) is 17.2. The maximum Gasteiger partial charge on any atom is 0.160 e. The molecule has 0 aliphatic rings. The summed E-state index contributed by atoms with van der Waals surface area (Å²) in [4.78, 5) is 10.1. The van der Waals surface area contributed by atoms with E-state index < -0.39 is 0 Å². The van der Waals surface area contributed by atoms with Crippen molar-refractivity contribution in [2.45, 2.75) is 0 Å². The van der Waals surface area contributed by atoms with E-state index in [9.17, 15) is 5.26 Å². The van der Waals surface area contributed by atoms with E-state index in [0.29, 0.717) is 11.4 Å². The Labute approximate surface area is 299 Å². The minimum absolute atomic E-state index is 0.593. The summed E-state index contributed by atoms with van der Waals surface area (Å²) >= 11 is 0. The van der Waals surface area contributed by atoms with Gasteiger partial charge in [0, 0.05) is 43.9 Å². The molecule has 0 spiro atoms. The minimum Gasteiger partial charge on any atom is -0.456 e. The monoisotopic (exact) mass is 664 g/mol. The fraction of sp³-hybridized carbons (Fsp3) is 0. The number of hydrogen-bond acceptors (Lipinski definition) is 4. The largest absolute Gasteiger partial charge is 0.456 e. The molecule has 0 atom stereocenters. The average molecular weight is 665 g/mol. The van der Waals surface area contributed by atoms with Gasteiger partial charge < -0.3 is 8.98 Å². The fourth-order valence-corrected chi connectivity index (χ4v) is 7.36. The lowest BCUT2D eigenvalue weighted by atomic mass is 10.00. The van der Waals surface area contributed by atoms with Gasteiger partial charge in [0.25, 0.3) is 0 Å². The van der Waals surface area contributed by atoms with Crippen LogP contribution in [0.4, 0.5) is 0 Å². The highest BCUT2D eigenvalue weighted by Gasteiger charge is 2.17. The molecule has 0 aliphatic heterocycles. The van der Waals surface area contributed by atoms with Crippen LogP contribution >= 0.6 is 0 Å². The molecule has 10 aromatic rings. The molecule has 0 bridgehead atoms. The smallest absolute Gasteiger partial charge is 0.160 e. The summed E-state index contributed by atoms with van der Waals surface area (Å²) in [6, 6.07) is 60.3. The molecule has 3 aromatic heterocycles. The predicted octanol–water partition coefficient (Wildman–Crippen LogP) is 12.0. The summed E-state index contributed by atoms with van der Waals surface area (Å²) in [6.07, 6.45) is 0. The Bertz CT molecular complexity index is 2970. The lowest BCUT2D eigenvalue weighted by Crippen LogP contribution is -1.97. The van der Waals surface area contributed by atoms with Gasteiger partial charge in [0.15, 0.2) is 5.82 Å².